The summed E-state index contributed by atoms with van der Waals surface area (Å²) in [5, 5.41) is 0. The molecule has 0 fully saturated rings. The quantitative estimate of drug-likeness (QED) is 0.791. The van der Waals surface area contributed by atoms with Gasteiger partial charge in [-0.3, -0.25) is 0 Å². The highest BCUT2D eigenvalue weighted by Gasteiger charge is 2.20. The summed E-state index contributed by atoms with van der Waals surface area (Å²) in [7, 11) is 0. The summed E-state index contributed by atoms with van der Waals surface area (Å²) in [6.07, 6.45) is 3.83. The van der Waals surface area contributed by atoms with Gasteiger partial charge in [-0.2, -0.15) is 0 Å². The van der Waals surface area contributed by atoms with Gasteiger partial charge in [0, 0.05) is 30.9 Å². The van der Waals surface area contributed by atoms with Gasteiger partial charge >= 0.3 is 0 Å². The fourth-order valence-corrected chi connectivity index (χ4v) is 2.24. The molecule has 0 spiro atoms. The predicted octanol–water partition coefficient (Wildman–Crippen LogP) is 1.73. The molecule has 0 aliphatic carbocycles. The van der Waals surface area contributed by atoms with Crippen LogP contribution in [0.4, 0.5) is 0 Å². The second-order valence-corrected chi connectivity index (χ2v) is 4.39. The first kappa shape index (κ1) is 9.66. The fraction of sp³-hybridized carbons (Fsp3) is 0.417. The molecular weight excluding hydrogens is 202 g/mol. The lowest BCUT2D eigenvalue weighted by Crippen LogP contribution is -2.30. The van der Waals surface area contributed by atoms with E-state index in [1.165, 1.54) is 5.69 Å². The van der Waals surface area contributed by atoms with Gasteiger partial charge in [0.05, 0.1) is 0 Å². The van der Waals surface area contributed by atoms with Crippen LogP contribution in [-0.4, -0.2) is 15.6 Å². The summed E-state index contributed by atoms with van der Waals surface area (Å²) in [6.45, 7) is 2.88. The van der Waals surface area contributed by atoms with Gasteiger partial charge in [-0.1, -0.05) is 0 Å². The number of hydrogen-bond donors (Lipinski definition) is 1. The van der Waals surface area contributed by atoms with Crippen LogP contribution in [0.1, 0.15) is 17.9 Å². The van der Waals surface area contributed by atoms with Crippen LogP contribution in [-0.2, 0) is 13.0 Å². The molecule has 16 heavy (non-hydrogen) atoms. The third kappa shape index (κ3) is 1.46. The fourth-order valence-electron chi connectivity index (χ4n) is 2.24. The molecule has 0 amide bonds. The Bertz CT molecular complexity index is 512. The summed E-state index contributed by atoms with van der Waals surface area (Å²) in [5.41, 5.74) is 7.15. The van der Waals surface area contributed by atoms with E-state index in [9.17, 15) is 0 Å². The highest BCUT2D eigenvalue weighted by molar-refractivity contribution is 5.49. The first-order valence-corrected chi connectivity index (χ1v) is 5.61. The maximum Gasteiger partial charge on any atom is 0.176 e. The molecule has 2 aromatic heterocycles. The third-order valence-electron chi connectivity index (χ3n) is 3.09. The van der Waals surface area contributed by atoms with Crippen molar-refractivity contribution in [3.8, 4) is 11.6 Å². The monoisotopic (exact) mass is 217 g/mol. The maximum absolute atomic E-state index is 5.94. The van der Waals surface area contributed by atoms with Crippen molar-refractivity contribution in [3.63, 3.8) is 0 Å². The average Bonchev–Trinajstić information content (AvgIpc) is 2.83. The Hall–Kier alpha value is -1.55. The van der Waals surface area contributed by atoms with Gasteiger partial charge in [-0.05, 0) is 25.5 Å². The minimum atomic E-state index is 0.274. The Morgan fingerprint density at radius 1 is 1.50 bits per heavy atom. The van der Waals surface area contributed by atoms with E-state index >= 15 is 0 Å². The van der Waals surface area contributed by atoms with E-state index in [-0.39, 0.29) is 6.04 Å². The Morgan fingerprint density at radius 3 is 3.12 bits per heavy atom. The van der Waals surface area contributed by atoms with Crippen molar-refractivity contribution in [3.05, 3.63) is 29.8 Å². The second-order valence-electron chi connectivity index (χ2n) is 4.39. The van der Waals surface area contributed by atoms with Crippen LogP contribution in [0.3, 0.4) is 0 Å². The van der Waals surface area contributed by atoms with Crippen molar-refractivity contribution in [2.75, 3.05) is 0 Å². The van der Waals surface area contributed by atoms with Crippen LogP contribution < -0.4 is 5.73 Å². The minimum absolute atomic E-state index is 0.274. The summed E-state index contributed by atoms with van der Waals surface area (Å²) < 4.78 is 7.82. The van der Waals surface area contributed by atoms with Crippen LogP contribution in [0.25, 0.3) is 11.6 Å². The van der Waals surface area contributed by atoms with Gasteiger partial charge in [-0.25, -0.2) is 4.98 Å². The van der Waals surface area contributed by atoms with Crippen molar-refractivity contribution in [2.45, 2.75) is 32.4 Å². The molecule has 1 atom stereocenters. The summed E-state index contributed by atoms with van der Waals surface area (Å²) in [4.78, 5) is 4.43. The predicted molar refractivity (Wildman–Crippen MR) is 61.0 cm³/mol. The maximum atomic E-state index is 5.94. The number of furan rings is 1. The third-order valence-corrected chi connectivity index (χ3v) is 3.09. The molecule has 4 nitrogen and oxygen atoms in total. The molecule has 0 radical (unpaired) electrons. The normalized spacial score (nSPS) is 19.8. The SMILES string of the molecule is Cc1ccc(-c2ncc3n2CCC(N)C3)o1. The Labute approximate surface area is 94.1 Å². The number of hydrogen-bond acceptors (Lipinski definition) is 3. The molecule has 3 rings (SSSR count). The number of aryl methyl sites for hydroxylation is 1. The largest absolute Gasteiger partial charge is 0.458 e. The molecule has 2 N–H and O–H groups in total. The van der Waals surface area contributed by atoms with E-state index in [1.54, 1.807) is 0 Å². The molecule has 0 saturated carbocycles. The summed E-state index contributed by atoms with van der Waals surface area (Å²) in [5.74, 6) is 2.69. The zero-order valence-corrected chi connectivity index (χ0v) is 9.31. The zero-order valence-electron chi connectivity index (χ0n) is 9.31. The molecule has 84 valence electrons. The van der Waals surface area contributed by atoms with E-state index < -0.39 is 0 Å². The van der Waals surface area contributed by atoms with Crippen molar-refractivity contribution in [1.29, 1.82) is 0 Å². The number of rotatable bonds is 1. The second kappa shape index (κ2) is 3.49. The van der Waals surface area contributed by atoms with E-state index in [0.29, 0.717) is 0 Å². The Kier molecular flexibility index (Phi) is 2.11. The molecule has 1 aliphatic heterocycles. The van der Waals surface area contributed by atoms with E-state index in [0.717, 1.165) is 36.7 Å². The molecule has 2 aromatic rings. The van der Waals surface area contributed by atoms with E-state index in [1.807, 2.05) is 25.3 Å². The number of fused-ring (bicyclic) bond motifs is 1. The molecule has 1 aliphatic rings. The molecule has 3 heterocycles. The van der Waals surface area contributed by atoms with E-state index in [4.69, 9.17) is 10.2 Å². The highest BCUT2D eigenvalue weighted by atomic mass is 16.3. The number of nitrogens with two attached hydrogens (primary N) is 1. The zero-order chi connectivity index (χ0) is 11.1. The summed E-state index contributed by atoms with van der Waals surface area (Å²) in [6, 6.07) is 4.21. The smallest absolute Gasteiger partial charge is 0.176 e. The topological polar surface area (TPSA) is 57.0 Å². The van der Waals surface area contributed by atoms with Gasteiger partial charge < -0.3 is 14.7 Å². The molecule has 0 bridgehead atoms. The lowest BCUT2D eigenvalue weighted by Gasteiger charge is -2.21. The van der Waals surface area contributed by atoms with Gasteiger partial charge in [-0.15, -0.1) is 0 Å². The average molecular weight is 217 g/mol. The van der Waals surface area contributed by atoms with Gasteiger partial charge in [0.1, 0.15) is 5.76 Å². The highest BCUT2D eigenvalue weighted by Crippen LogP contribution is 2.25. The lowest BCUT2D eigenvalue weighted by atomic mass is 10.1. The van der Waals surface area contributed by atoms with Crippen LogP contribution in [0.15, 0.2) is 22.7 Å². The number of nitrogens with zero attached hydrogens (tertiary/aromatic N) is 2. The van der Waals surface area contributed by atoms with Crippen molar-refractivity contribution < 1.29 is 4.42 Å². The first-order chi connectivity index (χ1) is 7.74. The van der Waals surface area contributed by atoms with Crippen molar-refractivity contribution >= 4 is 0 Å². The number of aromatic nitrogens is 2. The van der Waals surface area contributed by atoms with E-state index in [2.05, 4.69) is 9.55 Å². The molecule has 0 aromatic carbocycles. The van der Waals surface area contributed by atoms with Crippen molar-refractivity contribution in [1.82, 2.24) is 9.55 Å². The van der Waals surface area contributed by atoms with Crippen LogP contribution >= 0.6 is 0 Å². The standard InChI is InChI=1S/C12H15N3O/c1-8-2-3-11(16-8)12-14-7-10-6-9(13)4-5-15(10)12/h2-3,7,9H,4-6,13H2,1H3. The Balaban J connectivity index is 2.03. The first-order valence-electron chi connectivity index (χ1n) is 5.61. The molecule has 0 saturated heterocycles. The summed E-state index contributed by atoms with van der Waals surface area (Å²) >= 11 is 0. The van der Waals surface area contributed by atoms with Gasteiger partial charge in [0.15, 0.2) is 11.6 Å². The lowest BCUT2D eigenvalue weighted by molar-refractivity contribution is 0.467. The van der Waals surface area contributed by atoms with Crippen molar-refractivity contribution in [2.24, 2.45) is 5.73 Å². The minimum Gasteiger partial charge on any atom is -0.458 e. The van der Waals surface area contributed by atoms with Gasteiger partial charge in [0.2, 0.25) is 0 Å². The molecule has 1 unspecified atom stereocenters. The Morgan fingerprint density at radius 2 is 2.38 bits per heavy atom. The van der Waals surface area contributed by atoms with Crippen LogP contribution in [0, 0.1) is 6.92 Å². The van der Waals surface area contributed by atoms with Gasteiger partial charge in [0.25, 0.3) is 0 Å². The molecule has 4 heteroatoms. The number of imidazole rings is 1. The van der Waals surface area contributed by atoms with Crippen LogP contribution in [0.2, 0.25) is 0 Å². The molecular formula is C12H15N3O. The van der Waals surface area contributed by atoms with Crippen LogP contribution in [0.5, 0.6) is 0 Å².